The number of anilines is 1. The van der Waals surface area contributed by atoms with E-state index >= 15 is 0 Å². The van der Waals surface area contributed by atoms with E-state index < -0.39 is 10.5 Å². The molecule has 2 saturated heterocycles. The second-order valence-electron chi connectivity index (χ2n) is 7.86. The van der Waals surface area contributed by atoms with Crippen LogP contribution >= 0.6 is 11.6 Å². The first kappa shape index (κ1) is 21.5. The van der Waals surface area contributed by atoms with Gasteiger partial charge in [-0.3, -0.25) is 14.9 Å². The lowest BCUT2D eigenvalue weighted by Crippen LogP contribution is -2.43. The van der Waals surface area contributed by atoms with Crippen LogP contribution in [0.1, 0.15) is 28.8 Å². The molecular formula is C22H24ClN3O5. The molecule has 2 aromatic carbocycles. The van der Waals surface area contributed by atoms with Crippen LogP contribution in [0.4, 0.5) is 11.4 Å². The molecule has 0 atom stereocenters. The number of benzene rings is 2. The van der Waals surface area contributed by atoms with Crippen LogP contribution in [0, 0.1) is 10.1 Å². The second kappa shape index (κ2) is 8.82. The van der Waals surface area contributed by atoms with Gasteiger partial charge in [-0.1, -0.05) is 29.8 Å². The van der Waals surface area contributed by atoms with E-state index in [-0.39, 0.29) is 11.6 Å². The van der Waals surface area contributed by atoms with Gasteiger partial charge in [-0.15, -0.1) is 0 Å². The van der Waals surface area contributed by atoms with Crippen LogP contribution in [0.5, 0.6) is 0 Å². The summed E-state index contributed by atoms with van der Waals surface area (Å²) >= 11 is 6.27. The van der Waals surface area contributed by atoms with Crippen LogP contribution < -0.4 is 4.90 Å². The Labute approximate surface area is 185 Å². The van der Waals surface area contributed by atoms with E-state index in [0.717, 1.165) is 0 Å². The molecule has 0 bridgehead atoms. The van der Waals surface area contributed by atoms with E-state index in [1.54, 1.807) is 23.1 Å². The largest absolute Gasteiger partial charge is 0.385 e. The lowest BCUT2D eigenvalue weighted by molar-refractivity contribution is -0.384. The molecular weight excluding hydrogens is 422 g/mol. The number of nitro benzene ring substituents is 1. The molecule has 2 aliphatic heterocycles. The maximum absolute atomic E-state index is 12.7. The summed E-state index contributed by atoms with van der Waals surface area (Å²) in [5.74, 6) is -0.232. The van der Waals surface area contributed by atoms with Crippen molar-refractivity contribution < 1.29 is 19.6 Å². The van der Waals surface area contributed by atoms with Crippen molar-refractivity contribution in [3.8, 4) is 0 Å². The van der Waals surface area contributed by atoms with Crippen molar-refractivity contribution in [3.05, 3.63) is 68.7 Å². The molecule has 164 valence electrons. The van der Waals surface area contributed by atoms with Gasteiger partial charge in [-0.2, -0.15) is 0 Å². The third-order valence-corrected chi connectivity index (χ3v) is 6.35. The van der Waals surface area contributed by atoms with Gasteiger partial charge in [0, 0.05) is 48.4 Å². The average Bonchev–Trinajstić information content (AvgIpc) is 2.79. The number of hydrogen-bond donors (Lipinski definition) is 1. The second-order valence-corrected chi connectivity index (χ2v) is 8.27. The summed E-state index contributed by atoms with van der Waals surface area (Å²) in [5, 5.41) is 23.4. The summed E-state index contributed by atoms with van der Waals surface area (Å²) in [6.45, 7) is 2.74. The van der Waals surface area contributed by atoms with Crippen LogP contribution in [0.2, 0.25) is 5.02 Å². The Bertz CT molecular complexity index is 985. The molecule has 2 aliphatic rings. The number of piperidine rings is 1. The highest BCUT2D eigenvalue weighted by molar-refractivity contribution is 6.31. The van der Waals surface area contributed by atoms with E-state index in [0.29, 0.717) is 74.1 Å². The molecule has 2 aromatic rings. The van der Waals surface area contributed by atoms with Crippen molar-refractivity contribution in [1.82, 2.24) is 4.90 Å². The molecule has 2 heterocycles. The third-order valence-electron chi connectivity index (χ3n) is 6.02. The first-order valence-corrected chi connectivity index (χ1v) is 10.6. The molecule has 31 heavy (non-hydrogen) atoms. The topological polar surface area (TPSA) is 96.2 Å². The van der Waals surface area contributed by atoms with Crippen LogP contribution in [-0.2, 0) is 10.3 Å². The van der Waals surface area contributed by atoms with E-state index in [9.17, 15) is 20.0 Å². The lowest BCUT2D eigenvalue weighted by Gasteiger charge is -2.39. The van der Waals surface area contributed by atoms with Gasteiger partial charge in [0.05, 0.1) is 23.7 Å². The number of ether oxygens (including phenoxy) is 1. The standard InChI is InChI=1S/C22H24ClN3O5/c23-18-4-2-1-3-17(18)22(28)7-9-24(10-8-22)19-6-5-16(15-20(19)26(29)30)21(27)25-11-13-31-14-12-25/h1-6,15,28H,7-14H2. The average molecular weight is 446 g/mol. The number of nitro groups is 1. The van der Waals surface area contributed by atoms with Crippen molar-refractivity contribution in [2.24, 2.45) is 0 Å². The number of nitrogens with zero attached hydrogens (tertiary/aromatic N) is 3. The Morgan fingerprint density at radius 2 is 1.77 bits per heavy atom. The Kier molecular flexibility index (Phi) is 6.13. The summed E-state index contributed by atoms with van der Waals surface area (Å²) in [5.41, 5.74) is 0.238. The maximum Gasteiger partial charge on any atom is 0.293 e. The third kappa shape index (κ3) is 4.37. The number of morpholine rings is 1. The molecule has 0 unspecified atom stereocenters. The number of halogens is 1. The number of aliphatic hydroxyl groups is 1. The summed E-state index contributed by atoms with van der Waals surface area (Å²) < 4.78 is 5.26. The molecule has 9 heteroatoms. The van der Waals surface area contributed by atoms with Crippen molar-refractivity contribution in [3.63, 3.8) is 0 Å². The molecule has 8 nitrogen and oxygen atoms in total. The van der Waals surface area contributed by atoms with Crippen LogP contribution in [-0.4, -0.2) is 60.2 Å². The summed E-state index contributed by atoms with van der Waals surface area (Å²) in [6, 6.07) is 11.8. The van der Waals surface area contributed by atoms with Crippen molar-refractivity contribution in [2.45, 2.75) is 18.4 Å². The zero-order chi connectivity index (χ0) is 22.0. The monoisotopic (exact) mass is 445 g/mol. The van der Waals surface area contributed by atoms with Crippen molar-refractivity contribution in [1.29, 1.82) is 0 Å². The van der Waals surface area contributed by atoms with Gasteiger partial charge < -0.3 is 19.6 Å². The minimum absolute atomic E-state index is 0.109. The molecule has 0 radical (unpaired) electrons. The highest BCUT2D eigenvalue weighted by atomic mass is 35.5. The Hall–Kier alpha value is -2.68. The zero-order valence-corrected chi connectivity index (χ0v) is 17.8. The molecule has 1 N–H and O–H groups in total. The van der Waals surface area contributed by atoms with Crippen LogP contribution in [0.15, 0.2) is 42.5 Å². The molecule has 1 amide bonds. The SMILES string of the molecule is O=C(c1ccc(N2CCC(O)(c3ccccc3Cl)CC2)c([N+](=O)[O-])c1)N1CCOCC1. The van der Waals surface area contributed by atoms with Gasteiger partial charge in [-0.05, 0) is 31.0 Å². The Balaban J connectivity index is 1.54. The number of carbonyl (C=O) groups excluding carboxylic acids is 1. The molecule has 0 aromatic heterocycles. The van der Waals surface area contributed by atoms with E-state index in [1.807, 2.05) is 23.1 Å². The molecule has 0 saturated carbocycles. The van der Waals surface area contributed by atoms with Gasteiger partial charge in [0.1, 0.15) is 5.69 Å². The Morgan fingerprint density at radius 3 is 2.42 bits per heavy atom. The lowest BCUT2D eigenvalue weighted by atomic mass is 9.84. The highest BCUT2D eigenvalue weighted by Gasteiger charge is 2.37. The number of rotatable bonds is 4. The number of amides is 1. The van der Waals surface area contributed by atoms with E-state index in [2.05, 4.69) is 0 Å². The quantitative estimate of drug-likeness (QED) is 0.573. The summed E-state index contributed by atoms with van der Waals surface area (Å²) in [7, 11) is 0. The fourth-order valence-electron chi connectivity index (χ4n) is 4.24. The summed E-state index contributed by atoms with van der Waals surface area (Å²) in [6.07, 6.45) is 0.782. The highest BCUT2D eigenvalue weighted by Crippen LogP contribution is 2.39. The van der Waals surface area contributed by atoms with Crippen LogP contribution in [0.3, 0.4) is 0 Å². The fraction of sp³-hybridized carbons (Fsp3) is 0.409. The normalized spacial score (nSPS) is 18.6. The predicted molar refractivity (Wildman–Crippen MR) is 117 cm³/mol. The minimum atomic E-state index is -1.07. The fourth-order valence-corrected chi connectivity index (χ4v) is 4.56. The summed E-state index contributed by atoms with van der Waals surface area (Å²) in [4.78, 5) is 27.6. The first-order valence-electron chi connectivity index (χ1n) is 10.3. The number of hydrogen-bond acceptors (Lipinski definition) is 6. The molecule has 4 rings (SSSR count). The molecule has 0 spiro atoms. The van der Waals surface area contributed by atoms with Gasteiger partial charge in [0.25, 0.3) is 11.6 Å². The maximum atomic E-state index is 12.7. The van der Waals surface area contributed by atoms with E-state index in [1.165, 1.54) is 6.07 Å². The molecule has 2 fully saturated rings. The number of carbonyl (C=O) groups is 1. The minimum Gasteiger partial charge on any atom is -0.385 e. The molecule has 0 aliphatic carbocycles. The smallest absolute Gasteiger partial charge is 0.293 e. The van der Waals surface area contributed by atoms with Crippen molar-refractivity contribution in [2.75, 3.05) is 44.3 Å². The first-order chi connectivity index (χ1) is 14.9. The van der Waals surface area contributed by atoms with Gasteiger partial charge in [0.2, 0.25) is 0 Å². The van der Waals surface area contributed by atoms with Gasteiger partial charge >= 0.3 is 0 Å². The van der Waals surface area contributed by atoms with E-state index in [4.69, 9.17) is 16.3 Å². The van der Waals surface area contributed by atoms with Crippen molar-refractivity contribution >= 4 is 28.9 Å². The van der Waals surface area contributed by atoms with Crippen LogP contribution in [0.25, 0.3) is 0 Å². The van der Waals surface area contributed by atoms with Gasteiger partial charge in [-0.25, -0.2) is 0 Å². The zero-order valence-electron chi connectivity index (χ0n) is 17.0. The Morgan fingerprint density at radius 1 is 1.10 bits per heavy atom. The van der Waals surface area contributed by atoms with Gasteiger partial charge in [0.15, 0.2) is 0 Å². The predicted octanol–water partition coefficient (Wildman–Crippen LogP) is 3.21.